The molecular weight excluding hydrogens is 378 g/mol. The first-order chi connectivity index (χ1) is 10.7. The van der Waals surface area contributed by atoms with E-state index in [4.69, 9.17) is 9.47 Å². The smallest absolute Gasteiger partial charge is 0.410 e. The van der Waals surface area contributed by atoms with Crippen LogP contribution in [-0.2, 0) is 21.5 Å². The average Bonchev–Trinajstić information content (AvgIpc) is 2.79. The molecule has 128 valence electrons. The molecule has 23 heavy (non-hydrogen) atoms. The molecule has 1 amide bonds. The first kappa shape index (κ1) is 17.2. The van der Waals surface area contributed by atoms with E-state index >= 15 is 0 Å². The number of rotatable bonds is 0. The number of hydrogen-bond acceptors (Lipinski definition) is 4. The van der Waals surface area contributed by atoms with E-state index in [1.165, 1.54) is 10.4 Å². The highest BCUT2D eigenvalue weighted by Gasteiger charge is 2.46. The fourth-order valence-corrected chi connectivity index (χ4v) is 5.33. The Morgan fingerprint density at radius 1 is 1.52 bits per heavy atom. The number of thiophene rings is 1. The van der Waals surface area contributed by atoms with Crippen LogP contribution in [0.5, 0.6) is 0 Å². The normalized spacial score (nSPS) is 27.9. The van der Waals surface area contributed by atoms with Crippen molar-refractivity contribution in [3.63, 3.8) is 0 Å². The molecule has 1 fully saturated rings. The molecule has 0 unspecified atom stereocenters. The van der Waals surface area contributed by atoms with Gasteiger partial charge in [-0.3, -0.25) is 0 Å². The standard InChI is InChI=1S/C17H24BrNO3S/c1-11-10-17(6-7-19(11)15(20)22-16(2,3)4)12-9-14(18)23-13(12)5-8-21-17/h9,11H,5-8,10H2,1-4H3/t11-,17+/m0/s1. The molecule has 0 N–H and O–H groups in total. The number of piperidine rings is 1. The second kappa shape index (κ2) is 6.05. The Bertz CT molecular complexity index is 609. The molecule has 1 spiro atoms. The Hall–Kier alpha value is -0.590. The molecule has 0 aliphatic carbocycles. The molecule has 2 aliphatic rings. The summed E-state index contributed by atoms with van der Waals surface area (Å²) in [5.41, 5.74) is 0.614. The molecule has 3 rings (SSSR count). The van der Waals surface area contributed by atoms with Crippen LogP contribution in [0.25, 0.3) is 0 Å². The fourth-order valence-electron chi connectivity index (χ4n) is 3.56. The van der Waals surface area contributed by atoms with Crippen LogP contribution in [0.15, 0.2) is 9.85 Å². The highest BCUT2D eigenvalue weighted by molar-refractivity contribution is 9.11. The summed E-state index contributed by atoms with van der Waals surface area (Å²) in [5, 5.41) is 0. The lowest BCUT2D eigenvalue weighted by Crippen LogP contribution is -2.53. The van der Waals surface area contributed by atoms with Crippen LogP contribution in [0.2, 0.25) is 0 Å². The molecule has 0 radical (unpaired) electrons. The van der Waals surface area contributed by atoms with Gasteiger partial charge in [0, 0.05) is 30.3 Å². The van der Waals surface area contributed by atoms with Crippen molar-refractivity contribution in [2.45, 2.75) is 64.2 Å². The molecule has 1 aromatic rings. The number of ether oxygens (including phenoxy) is 2. The third-order valence-electron chi connectivity index (χ3n) is 4.52. The summed E-state index contributed by atoms with van der Waals surface area (Å²) >= 11 is 5.41. The van der Waals surface area contributed by atoms with Crippen molar-refractivity contribution in [2.24, 2.45) is 0 Å². The number of nitrogens with zero attached hydrogens (tertiary/aromatic N) is 1. The van der Waals surface area contributed by atoms with Crippen molar-refractivity contribution in [3.05, 3.63) is 20.3 Å². The number of carbonyl (C=O) groups is 1. The van der Waals surface area contributed by atoms with E-state index in [1.54, 1.807) is 11.3 Å². The average molecular weight is 402 g/mol. The summed E-state index contributed by atoms with van der Waals surface area (Å²) in [4.78, 5) is 15.7. The van der Waals surface area contributed by atoms with Crippen LogP contribution in [0.3, 0.4) is 0 Å². The monoisotopic (exact) mass is 401 g/mol. The number of halogens is 1. The quantitative estimate of drug-likeness (QED) is 0.632. The molecule has 6 heteroatoms. The molecule has 0 bridgehead atoms. The fraction of sp³-hybridized carbons (Fsp3) is 0.706. The van der Waals surface area contributed by atoms with Gasteiger partial charge in [-0.2, -0.15) is 0 Å². The summed E-state index contributed by atoms with van der Waals surface area (Å²) in [6.07, 6.45) is 2.41. The molecule has 0 aromatic carbocycles. The first-order valence-electron chi connectivity index (χ1n) is 8.12. The number of carbonyl (C=O) groups excluding carboxylic acids is 1. The third kappa shape index (κ3) is 3.44. The zero-order valence-corrected chi connectivity index (χ0v) is 16.6. The van der Waals surface area contributed by atoms with Gasteiger partial charge in [-0.15, -0.1) is 11.3 Å². The summed E-state index contributed by atoms with van der Waals surface area (Å²) in [7, 11) is 0. The lowest BCUT2D eigenvalue weighted by atomic mass is 9.79. The highest BCUT2D eigenvalue weighted by atomic mass is 79.9. The lowest BCUT2D eigenvalue weighted by molar-refractivity contribution is -0.110. The lowest BCUT2D eigenvalue weighted by Gasteiger charge is -2.47. The SMILES string of the molecule is C[C@H]1C[C@@]2(CCN1C(=O)OC(C)(C)C)OCCc1sc(Br)cc12. The molecule has 2 aliphatic heterocycles. The van der Waals surface area contributed by atoms with Gasteiger partial charge in [0.15, 0.2) is 0 Å². The van der Waals surface area contributed by atoms with Gasteiger partial charge in [0.1, 0.15) is 5.60 Å². The zero-order valence-electron chi connectivity index (χ0n) is 14.1. The van der Waals surface area contributed by atoms with E-state index in [2.05, 4.69) is 28.9 Å². The Balaban J connectivity index is 1.78. The molecule has 0 saturated carbocycles. The van der Waals surface area contributed by atoms with Crippen molar-refractivity contribution in [3.8, 4) is 0 Å². The maximum atomic E-state index is 12.4. The maximum absolute atomic E-state index is 12.4. The largest absolute Gasteiger partial charge is 0.444 e. The summed E-state index contributed by atoms with van der Waals surface area (Å²) in [5.74, 6) is 0. The van der Waals surface area contributed by atoms with Gasteiger partial charge in [0.2, 0.25) is 0 Å². The van der Waals surface area contributed by atoms with E-state index in [1.807, 2.05) is 25.7 Å². The summed E-state index contributed by atoms with van der Waals surface area (Å²) in [6, 6.07) is 2.30. The highest BCUT2D eigenvalue weighted by Crippen LogP contribution is 2.47. The van der Waals surface area contributed by atoms with Crippen LogP contribution < -0.4 is 0 Å². The van der Waals surface area contributed by atoms with Crippen molar-refractivity contribution in [1.29, 1.82) is 0 Å². The minimum Gasteiger partial charge on any atom is -0.444 e. The Labute approximate surface area is 150 Å². The van der Waals surface area contributed by atoms with E-state index in [0.717, 1.165) is 29.7 Å². The van der Waals surface area contributed by atoms with Gasteiger partial charge in [-0.25, -0.2) is 4.79 Å². The van der Waals surface area contributed by atoms with Crippen molar-refractivity contribution < 1.29 is 14.3 Å². The van der Waals surface area contributed by atoms with Crippen LogP contribution in [0.1, 0.15) is 51.0 Å². The molecule has 2 atom stereocenters. The second-order valence-corrected chi connectivity index (χ2v) is 9.97. The number of fused-ring (bicyclic) bond motifs is 2. The molecule has 4 nitrogen and oxygen atoms in total. The van der Waals surface area contributed by atoms with Gasteiger partial charge < -0.3 is 14.4 Å². The van der Waals surface area contributed by atoms with Crippen LogP contribution in [-0.4, -0.2) is 35.8 Å². The van der Waals surface area contributed by atoms with Gasteiger partial charge in [0.05, 0.1) is 16.0 Å². The number of hydrogen-bond donors (Lipinski definition) is 0. The van der Waals surface area contributed by atoms with Gasteiger partial charge in [0.25, 0.3) is 0 Å². The summed E-state index contributed by atoms with van der Waals surface area (Å²) < 4.78 is 13.0. The molecular formula is C17H24BrNO3S. The van der Waals surface area contributed by atoms with Gasteiger partial charge in [-0.1, -0.05) is 0 Å². The van der Waals surface area contributed by atoms with Crippen LogP contribution in [0.4, 0.5) is 4.79 Å². The maximum Gasteiger partial charge on any atom is 0.410 e. The number of likely N-dealkylation sites (tertiary alicyclic amines) is 1. The summed E-state index contributed by atoms with van der Waals surface area (Å²) in [6.45, 7) is 9.23. The first-order valence-corrected chi connectivity index (χ1v) is 9.73. The van der Waals surface area contributed by atoms with E-state index in [9.17, 15) is 4.79 Å². The van der Waals surface area contributed by atoms with Gasteiger partial charge >= 0.3 is 6.09 Å². The van der Waals surface area contributed by atoms with Crippen molar-refractivity contribution in [2.75, 3.05) is 13.2 Å². The Morgan fingerprint density at radius 3 is 2.91 bits per heavy atom. The molecule has 3 heterocycles. The van der Waals surface area contributed by atoms with Crippen molar-refractivity contribution >= 4 is 33.4 Å². The predicted octanol–water partition coefficient (Wildman–Crippen LogP) is 4.70. The van der Waals surface area contributed by atoms with E-state index in [-0.39, 0.29) is 17.7 Å². The van der Waals surface area contributed by atoms with Crippen LogP contribution >= 0.6 is 27.3 Å². The second-order valence-electron chi connectivity index (χ2n) is 7.46. The minimum absolute atomic E-state index is 0.100. The number of amides is 1. The Morgan fingerprint density at radius 2 is 2.26 bits per heavy atom. The van der Waals surface area contributed by atoms with E-state index < -0.39 is 5.60 Å². The topological polar surface area (TPSA) is 38.8 Å². The molecule has 1 aromatic heterocycles. The Kier molecular flexibility index (Phi) is 4.53. The van der Waals surface area contributed by atoms with Crippen LogP contribution in [0, 0.1) is 0 Å². The zero-order chi connectivity index (χ0) is 16.8. The third-order valence-corrected chi connectivity index (χ3v) is 6.22. The predicted molar refractivity (Wildman–Crippen MR) is 95.0 cm³/mol. The van der Waals surface area contributed by atoms with Gasteiger partial charge in [-0.05, 0) is 61.7 Å². The minimum atomic E-state index is -0.460. The van der Waals surface area contributed by atoms with Crippen molar-refractivity contribution in [1.82, 2.24) is 4.90 Å². The molecule has 1 saturated heterocycles. The van der Waals surface area contributed by atoms with E-state index in [0.29, 0.717) is 6.54 Å².